The fourth-order valence-corrected chi connectivity index (χ4v) is 2.39. The first-order valence-corrected chi connectivity index (χ1v) is 6.91. The Morgan fingerprint density at radius 2 is 1.76 bits per heavy atom. The summed E-state index contributed by atoms with van der Waals surface area (Å²) in [4.78, 5) is 26.6. The van der Waals surface area contributed by atoms with E-state index in [1.165, 1.54) is 0 Å². The van der Waals surface area contributed by atoms with Gasteiger partial charge in [0.25, 0.3) is 5.91 Å². The summed E-state index contributed by atoms with van der Waals surface area (Å²) in [5.74, 6) is -0.836. The highest BCUT2D eigenvalue weighted by molar-refractivity contribution is 5.94. The predicted octanol–water partition coefficient (Wildman–Crippen LogP) is 0.675. The highest BCUT2D eigenvalue weighted by Crippen LogP contribution is 2.11. The molecule has 6 nitrogen and oxygen atoms in total. The van der Waals surface area contributed by atoms with Crippen LogP contribution in [0.15, 0.2) is 24.3 Å². The molecule has 114 valence electrons. The van der Waals surface area contributed by atoms with E-state index in [-0.39, 0.29) is 12.5 Å². The summed E-state index contributed by atoms with van der Waals surface area (Å²) < 4.78 is 5.04. The van der Waals surface area contributed by atoms with Crippen LogP contribution >= 0.6 is 0 Å². The van der Waals surface area contributed by atoms with Crippen molar-refractivity contribution in [3.63, 3.8) is 0 Å². The molecule has 6 heteroatoms. The maximum absolute atomic E-state index is 12.4. The number of hydrogen-bond donors (Lipinski definition) is 1. The number of carbonyl (C=O) groups excluding carboxylic acids is 1. The normalized spacial score (nSPS) is 16.0. The molecule has 0 radical (unpaired) electrons. The van der Waals surface area contributed by atoms with Gasteiger partial charge in [-0.3, -0.25) is 14.5 Å². The van der Waals surface area contributed by atoms with Gasteiger partial charge in [0.2, 0.25) is 0 Å². The lowest BCUT2D eigenvalue weighted by atomic mass is 10.1. The number of nitrogens with zero attached hydrogens (tertiary/aromatic N) is 2. The van der Waals surface area contributed by atoms with Gasteiger partial charge in [-0.1, -0.05) is 12.1 Å². The molecule has 0 bridgehead atoms. The van der Waals surface area contributed by atoms with Gasteiger partial charge in [0.15, 0.2) is 0 Å². The van der Waals surface area contributed by atoms with Crippen LogP contribution in [0.4, 0.5) is 0 Å². The quantitative estimate of drug-likeness (QED) is 0.864. The number of benzene rings is 1. The molecule has 0 aliphatic carbocycles. The summed E-state index contributed by atoms with van der Waals surface area (Å²) in [6, 6.07) is 7.38. The molecule has 1 saturated heterocycles. The van der Waals surface area contributed by atoms with Crippen LogP contribution < -0.4 is 0 Å². The van der Waals surface area contributed by atoms with E-state index < -0.39 is 5.97 Å². The van der Waals surface area contributed by atoms with Gasteiger partial charge in [-0.25, -0.2) is 0 Å². The molecule has 1 aliphatic heterocycles. The van der Waals surface area contributed by atoms with Gasteiger partial charge in [0.1, 0.15) is 0 Å². The van der Waals surface area contributed by atoms with Crippen LogP contribution in [0, 0.1) is 0 Å². The summed E-state index contributed by atoms with van der Waals surface area (Å²) in [5.41, 5.74) is 1.68. The second-order valence-electron chi connectivity index (χ2n) is 5.09. The van der Waals surface area contributed by atoms with Gasteiger partial charge in [0.05, 0.1) is 13.2 Å². The molecule has 1 amide bonds. The maximum atomic E-state index is 12.4. The average molecular weight is 292 g/mol. The van der Waals surface area contributed by atoms with Crippen LogP contribution in [0.2, 0.25) is 0 Å². The zero-order chi connectivity index (χ0) is 15.2. The van der Waals surface area contributed by atoms with Crippen molar-refractivity contribution in [3.05, 3.63) is 35.4 Å². The summed E-state index contributed by atoms with van der Waals surface area (Å²) in [6.07, 6.45) is 0. The molecule has 2 rings (SSSR count). The van der Waals surface area contributed by atoms with Crippen molar-refractivity contribution in [1.82, 2.24) is 9.80 Å². The Balaban J connectivity index is 1.90. The first-order chi connectivity index (χ1) is 10.1. The van der Waals surface area contributed by atoms with Crippen LogP contribution in [0.5, 0.6) is 0 Å². The summed E-state index contributed by atoms with van der Waals surface area (Å²) in [7, 11) is 1.63. The molecule has 0 aromatic heterocycles. The minimum Gasteiger partial charge on any atom is -0.480 e. The summed E-state index contributed by atoms with van der Waals surface area (Å²) in [5, 5.41) is 8.76. The van der Waals surface area contributed by atoms with Crippen LogP contribution in [0.25, 0.3) is 0 Å². The second-order valence-corrected chi connectivity index (χ2v) is 5.09. The average Bonchev–Trinajstić information content (AvgIpc) is 2.48. The van der Waals surface area contributed by atoms with Crippen LogP contribution in [0.3, 0.4) is 0 Å². The number of hydrogen-bond acceptors (Lipinski definition) is 4. The van der Waals surface area contributed by atoms with Gasteiger partial charge in [0, 0.05) is 38.9 Å². The molecule has 1 aromatic rings. The van der Waals surface area contributed by atoms with Gasteiger partial charge in [-0.05, 0) is 17.7 Å². The summed E-state index contributed by atoms with van der Waals surface area (Å²) >= 11 is 0. The van der Waals surface area contributed by atoms with Gasteiger partial charge >= 0.3 is 5.97 Å². The molecule has 1 fully saturated rings. The van der Waals surface area contributed by atoms with E-state index >= 15 is 0 Å². The zero-order valence-electron chi connectivity index (χ0n) is 12.1. The van der Waals surface area contributed by atoms with E-state index in [0.29, 0.717) is 38.3 Å². The lowest BCUT2D eigenvalue weighted by Gasteiger charge is -2.33. The van der Waals surface area contributed by atoms with E-state index in [1.807, 2.05) is 17.0 Å². The standard InChI is InChI=1S/C15H20N2O4/c1-21-11-12-2-4-13(5-3-12)15(20)17-8-6-16(7-9-17)10-14(18)19/h2-5H,6-11H2,1H3,(H,18,19). The first-order valence-electron chi connectivity index (χ1n) is 6.91. The molecule has 0 saturated carbocycles. The molecule has 1 aliphatic rings. The monoisotopic (exact) mass is 292 g/mol. The number of carbonyl (C=O) groups is 2. The van der Waals surface area contributed by atoms with Crippen molar-refractivity contribution >= 4 is 11.9 Å². The first kappa shape index (κ1) is 15.5. The molecular weight excluding hydrogens is 272 g/mol. The van der Waals surface area contributed by atoms with E-state index in [1.54, 1.807) is 24.1 Å². The summed E-state index contributed by atoms with van der Waals surface area (Å²) in [6.45, 7) is 2.88. The van der Waals surface area contributed by atoms with E-state index in [2.05, 4.69) is 0 Å². The second kappa shape index (κ2) is 7.19. The fourth-order valence-electron chi connectivity index (χ4n) is 2.39. The molecule has 0 unspecified atom stereocenters. The molecule has 1 aromatic carbocycles. The smallest absolute Gasteiger partial charge is 0.317 e. The number of methoxy groups -OCH3 is 1. The van der Waals surface area contributed by atoms with Crippen molar-refractivity contribution in [2.45, 2.75) is 6.61 Å². The molecule has 1 N–H and O–H groups in total. The van der Waals surface area contributed by atoms with Crippen LogP contribution in [-0.2, 0) is 16.1 Å². The number of amides is 1. The van der Waals surface area contributed by atoms with Crippen LogP contribution in [-0.4, -0.2) is 66.6 Å². The Bertz CT molecular complexity index is 493. The number of aliphatic carboxylic acids is 1. The zero-order valence-corrected chi connectivity index (χ0v) is 12.1. The third-order valence-corrected chi connectivity index (χ3v) is 3.53. The van der Waals surface area contributed by atoms with Crippen molar-refractivity contribution in [1.29, 1.82) is 0 Å². The van der Waals surface area contributed by atoms with Crippen molar-refractivity contribution in [2.75, 3.05) is 39.8 Å². The van der Waals surface area contributed by atoms with E-state index in [9.17, 15) is 9.59 Å². The van der Waals surface area contributed by atoms with E-state index in [0.717, 1.165) is 5.56 Å². The Morgan fingerprint density at radius 3 is 2.29 bits per heavy atom. The number of carboxylic acid groups (broad SMARTS) is 1. The molecular formula is C15H20N2O4. The van der Waals surface area contributed by atoms with Crippen molar-refractivity contribution in [3.8, 4) is 0 Å². The largest absolute Gasteiger partial charge is 0.480 e. The third kappa shape index (κ3) is 4.27. The highest BCUT2D eigenvalue weighted by atomic mass is 16.5. The molecule has 0 spiro atoms. The van der Waals surface area contributed by atoms with Gasteiger partial charge in [-0.15, -0.1) is 0 Å². The van der Waals surface area contributed by atoms with E-state index in [4.69, 9.17) is 9.84 Å². The molecule has 1 heterocycles. The predicted molar refractivity (Wildman–Crippen MR) is 77.1 cm³/mol. The Kier molecular flexibility index (Phi) is 5.30. The number of piperazine rings is 1. The minimum atomic E-state index is -0.830. The Hall–Kier alpha value is -1.92. The topological polar surface area (TPSA) is 70.1 Å². The third-order valence-electron chi connectivity index (χ3n) is 3.53. The van der Waals surface area contributed by atoms with Crippen LogP contribution in [0.1, 0.15) is 15.9 Å². The highest BCUT2D eigenvalue weighted by Gasteiger charge is 2.22. The lowest BCUT2D eigenvalue weighted by molar-refractivity contribution is -0.138. The lowest BCUT2D eigenvalue weighted by Crippen LogP contribution is -2.49. The SMILES string of the molecule is COCc1ccc(C(=O)N2CCN(CC(=O)O)CC2)cc1. The van der Waals surface area contributed by atoms with Crippen molar-refractivity contribution in [2.24, 2.45) is 0 Å². The maximum Gasteiger partial charge on any atom is 0.317 e. The number of rotatable bonds is 5. The molecule has 0 atom stereocenters. The van der Waals surface area contributed by atoms with Crippen molar-refractivity contribution < 1.29 is 19.4 Å². The number of carboxylic acids is 1. The number of ether oxygens (including phenoxy) is 1. The Morgan fingerprint density at radius 1 is 1.14 bits per heavy atom. The Labute approximate surface area is 123 Å². The fraction of sp³-hybridized carbons (Fsp3) is 0.467. The minimum absolute atomic E-state index is 0.00561. The van der Waals surface area contributed by atoms with Gasteiger partial charge < -0.3 is 14.7 Å². The van der Waals surface area contributed by atoms with Gasteiger partial charge in [-0.2, -0.15) is 0 Å². The molecule has 21 heavy (non-hydrogen) atoms.